The second-order valence-electron chi connectivity index (χ2n) is 5.31. The third-order valence-electron chi connectivity index (χ3n) is 3.64. The van der Waals surface area contributed by atoms with Gasteiger partial charge in [0.15, 0.2) is 0 Å². The van der Waals surface area contributed by atoms with Crippen LogP contribution in [0.1, 0.15) is 30.8 Å². The molecular formula is C17H21N3O3. The molecular weight excluding hydrogens is 294 g/mol. The normalized spacial score (nSPS) is 11.8. The monoisotopic (exact) mass is 315 g/mol. The SMILES string of the molecule is CC[C@@H](C(=O)Nc1ccccc1OC)n1c(C)cc(C)nc1=O. The van der Waals surface area contributed by atoms with Crippen LogP contribution in [-0.2, 0) is 4.79 Å². The molecule has 0 saturated carbocycles. The van der Waals surface area contributed by atoms with Gasteiger partial charge in [-0.15, -0.1) is 0 Å². The summed E-state index contributed by atoms with van der Waals surface area (Å²) in [4.78, 5) is 28.8. The number of carbonyl (C=O) groups is 1. The van der Waals surface area contributed by atoms with Crippen molar-refractivity contribution in [3.63, 3.8) is 0 Å². The van der Waals surface area contributed by atoms with E-state index in [-0.39, 0.29) is 5.91 Å². The van der Waals surface area contributed by atoms with Crippen LogP contribution < -0.4 is 15.7 Å². The van der Waals surface area contributed by atoms with Crippen LogP contribution in [0.3, 0.4) is 0 Å². The summed E-state index contributed by atoms with van der Waals surface area (Å²) in [5.41, 5.74) is 1.52. The first-order chi connectivity index (χ1) is 11.0. The van der Waals surface area contributed by atoms with E-state index >= 15 is 0 Å². The largest absolute Gasteiger partial charge is 0.495 e. The predicted octanol–water partition coefficient (Wildman–Crippen LogP) is 2.46. The molecule has 0 aliphatic heterocycles. The Morgan fingerprint density at radius 3 is 2.65 bits per heavy atom. The van der Waals surface area contributed by atoms with Crippen molar-refractivity contribution in [1.29, 1.82) is 0 Å². The number of hydrogen-bond donors (Lipinski definition) is 1. The highest BCUT2D eigenvalue weighted by Gasteiger charge is 2.22. The molecule has 0 saturated heterocycles. The number of anilines is 1. The third-order valence-corrected chi connectivity index (χ3v) is 3.64. The van der Waals surface area contributed by atoms with Crippen molar-refractivity contribution in [3.05, 3.63) is 52.2 Å². The molecule has 0 spiro atoms. The van der Waals surface area contributed by atoms with Crippen LogP contribution in [0.5, 0.6) is 5.75 Å². The Bertz CT molecular complexity index is 768. The molecule has 2 rings (SSSR count). The van der Waals surface area contributed by atoms with Crippen molar-refractivity contribution < 1.29 is 9.53 Å². The summed E-state index contributed by atoms with van der Waals surface area (Å²) in [7, 11) is 1.54. The minimum absolute atomic E-state index is 0.271. The number of aryl methyl sites for hydroxylation is 2. The minimum Gasteiger partial charge on any atom is -0.495 e. The maximum atomic E-state index is 12.6. The molecule has 1 aromatic heterocycles. The Kier molecular flexibility index (Phi) is 5.16. The fourth-order valence-corrected chi connectivity index (χ4v) is 2.59. The van der Waals surface area contributed by atoms with Crippen molar-refractivity contribution in [2.24, 2.45) is 0 Å². The molecule has 0 bridgehead atoms. The number of amides is 1. The van der Waals surface area contributed by atoms with Crippen LogP contribution >= 0.6 is 0 Å². The average Bonchev–Trinajstić information content (AvgIpc) is 2.51. The molecule has 2 aromatic rings. The molecule has 1 atom stereocenters. The standard InChI is InChI=1S/C17H21N3O3/c1-5-14(20-12(3)10-11(2)18-17(20)22)16(21)19-13-8-6-7-9-15(13)23-4/h6-10,14H,5H2,1-4H3,(H,19,21)/t14-/m0/s1. The fraction of sp³-hybridized carbons (Fsp3) is 0.353. The van der Waals surface area contributed by atoms with Gasteiger partial charge in [-0.3, -0.25) is 9.36 Å². The van der Waals surface area contributed by atoms with Crippen molar-refractivity contribution in [3.8, 4) is 5.75 Å². The number of methoxy groups -OCH3 is 1. The number of nitrogens with zero attached hydrogens (tertiary/aromatic N) is 2. The van der Waals surface area contributed by atoms with Crippen molar-refractivity contribution in [2.75, 3.05) is 12.4 Å². The van der Waals surface area contributed by atoms with Gasteiger partial charge in [0.1, 0.15) is 11.8 Å². The van der Waals surface area contributed by atoms with E-state index in [9.17, 15) is 9.59 Å². The maximum absolute atomic E-state index is 12.6. The first-order valence-electron chi connectivity index (χ1n) is 7.48. The van der Waals surface area contributed by atoms with Gasteiger partial charge in [-0.1, -0.05) is 19.1 Å². The number of rotatable bonds is 5. The Morgan fingerprint density at radius 1 is 1.35 bits per heavy atom. The highest BCUT2D eigenvalue weighted by Crippen LogP contribution is 2.24. The van der Waals surface area contributed by atoms with Crippen LogP contribution in [0.2, 0.25) is 0 Å². The summed E-state index contributed by atoms with van der Waals surface area (Å²) in [5.74, 6) is 0.301. The first kappa shape index (κ1) is 16.7. The average molecular weight is 315 g/mol. The summed E-state index contributed by atoms with van der Waals surface area (Å²) >= 11 is 0. The lowest BCUT2D eigenvalue weighted by Crippen LogP contribution is -2.36. The first-order valence-corrected chi connectivity index (χ1v) is 7.48. The number of ether oxygens (including phenoxy) is 1. The Morgan fingerprint density at radius 2 is 2.04 bits per heavy atom. The molecule has 0 aliphatic carbocycles. The summed E-state index contributed by atoms with van der Waals surface area (Å²) < 4.78 is 6.66. The molecule has 1 heterocycles. The maximum Gasteiger partial charge on any atom is 0.348 e. The molecule has 23 heavy (non-hydrogen) atoms. The Hall–Kier alpha value is -2.63. The molecule has 1 aromatic carbocycles. The zero-order chi connectivity index (χ0) is 17.0. The number of carbonyl (C=O) groups excluding carboxylic acids is 1. The molecule has 122 valence electrons. The Balaban J connectivity index is 2.35. The topological polar surface area (TPSA) is 73.2 Å². The molecule has 6 heteroatoms. The lowest BCUT2D eigenvalue weighted by molar-refractivity contribution is -0.119. The lowest BCUT2D eigenvalue weighted by Gasteiger charge is -2.20. The zero-order valence-corrected chi connectivity index (χ0v) is 13.8. The van der Waals surface area contributed by atoms with Gasteiger partial charge in [-0.05, 0) is 38.5 Å². The number of nitrogens with one attached hydrogen (secondary N) is 1. The van der Waals surface area contributed by atoms with E-state index in [0.29, 0.717) is 29.2 Å². The van der Waals surface area contributed by atoms with Crippen molar-refractivity contribution >= 4 is 11.6 Å². The van der Waals surface area contributed by atoms with Crippen LogP contribution in [0.4, 0.5) is 5.69 Å². The molecule has 1 N–H and O–H groups in total. The van der Waals surface area contributed by atoms with Crippen molar-refractivity contribution in [1.82, 2.24) is 9.55 Å². The highest BCUT2D eigenvalue weighted by molar-refractivity contribution is 5.95. The van der Waals surface area contributed by atoms with Gasteiger partial charge in [0, 0.05) is 11.4 Å². The fourth-order valence-electron chi connectivity index (χ4n) is 2.59. The van der Waals surface area contributed by atoms with Gasteiger partial charge >= 0.3 is 5.69 Å². The van der Waals surface area contributed by atoms with Gasteiger partial charge in [0.2, 0.25) is 5.91 Å². The molecule has 0 unspecified atom stereocenters. The summed E-state index contributed by atoms with van der Waals surface area (Å²) in [6, 6.07) is 8.32. The predicted molar refractivity (Wildman–Crippen MR) is 88.9 cm³/mol. The molecule has 6 nitrogen and oxygen atoms in total. The minimum atomic E-state index is -0.625. The molecule has 1 amide bonds. The third kappa shape index (κ3) is 3.59. The van der Waals surface area contributed by atoms with Crippen LogP contribution in [0.15, 0.2) is 35.1 Å². The van der Waals surface area contributed by atoms with E-state index in [1.807, 2.05) is 19.1 Å². The quantitative estimate of drug-likeness (QED) is 0.920. The van der Waals surface area contributed by atoms with Crippen LogP contribution in [0.25, 0.3) is 0 Å². The number of aromatic nitrogens is 2. The van der Waals surface area contributed by atoms with Gasteiger partial charge < -0.3 is 10.1 Å². The lowest BCUT2D eigenvalue weighted by atomic mass is 10.1. The summed E-state index contributed by atoms with van der Waals surface area (Å²) in [6.45, 7) is 5.42. The zero-order valence-electron chi connectivity index (χ0n) is 13.8. The van der Waals surface area contributed by atoms with E-state index in [2.05, 4.69) is 10.3 Å². The molecule has 0 fully saturated rings. The Labute approximate surface area is 135 Å². The highest BCUT2D eigenvalue weighted by atomic mass is 16.5. The van der Waals surface area contributed by atoms with Crippen molar-refractivity contribution in [2.45, 2.75) is 33.2 Å². The number of hydrogen-bond acceptors (Lipinski definition) is 4. The van der Waals surface area contributed by atoms with Crippen LogP contribution in [-0.4, -0.2) is 22.6 Å². The van der Waals surface area contributed by atoms with E-state index in [4.69, 9.17) is 4.74 Å². The van der Waals surface area contributed by atoms with Gasteiger partial charge in [0.05, 0.1) is 12.8 Å². The van der Waals surface area contributed by atoms with E-state index in [1.165, 1.54) is 4.57 Å². The summed E-state index contributed by atoms with van der Waals surface area (Å²) in [5, 5.41) is 2.83. The van der Waals surface area contributed by atoms with E-state index < -0.39 is 11.7 Å². The van der Waals surface area contributed by atoms with E-state index in [0.717, 1.165) is 0 Å². The number of benzene rings is 1. The molecule has 0 aliphatic rings. The smallest absolute Gasteiger partial charge is 0.348 e. The van der Waals surface area contributed by atoms with E-state index in [1.54, 1.807) is 39.2 Å². The van der Waals surface area contributed by atoms with Gasteiger partial charge in [-0.25, -0.2) is 4.79 Å². The van der Waals surface area contributed by atoms with Gasteiger partial charge in [0.25, 0.3) is 0 Å². The summed E-state index contributed by atoms with van der Waals surface area (Å²) in [6.07, 6.45) is 0.479. The second-order valence-corrected chi connectivity index (χ2v) is 5.31. The number of para-hydroxylation sites is 2. The molecule has 0 radical (unpaired) electrons. The second kappa shape index (κ2) is 7.09. The van der Waals surface area contributed by atoms with Crippen LogP contribution in [0, 0.1) is 13.8 Å². The van der Waals surface area contributed by atoms with Gasteiger partial charge in [-0.2, -0.15) is 4.98 Å².